The van der Waals surface area contributed by atoms with E-state index in [1.54, 1.807) is 42.6 Å². The number of aromatic nitrogens is 2. The third-order valence-electron chi connectivity index (χ3n) is 4.56. The highest BCUT2D eigenvalue weighted by Gasteiger charge is 2.18. The molecule has 0 saturated heterocycles. The fourth-order valence-corrected chi connectivity index (χ4v) is 3.68. The Labute approximate surface area is 184 Å². The summed E-state index contributed by atoms with van der Waals surface area (Å²) in [5, 5.41) is 13.0. The van der Waals surface area contributed by atoms with Gasteiger partial charge in [-0.15, -0.1) is 0 Å². The summed E-state index contributed by atoms with van der Waals surface area (Å²) in [6.07, 6.45) is 1.62. The van der Waals surface area contributed by atoms with Crippen molar-refractivity contribution in [2.75, 3.05) is 5.32 Å². The average Bonchev–Trinajstić information content (AvgIpc) is 3.20. The van der Waals surface area contributed by atoms with E-state index in [-0.39, 0.29) is 4.90 Å². The first kappa shape index (κ1) is 20.8. The summed E-state index contributed by atoms with van der Waals surface area (Å²) in [4.78, 5) is 12.7. The molecule has 1 aromatic heterocycles. The molecule has 0 saturated carbocycles. The molecule has 0 spiro atoms. The molecular weight excluding hydrogens is 436 g/mol. The number of carbonyl (C=O) groups is 1. The number of benzene rings is 3. The van der Waals surface area contributed by atoms with Crippen LogP contribution in [-0.2, 0) is 10.0 Å². The Morgan fingerprint density at radius 2 is 1.52 bits per heavy atom. The van der Waals surface area contributed by atoms with Crippen LogP contribution in [-0.4, -0.2) is 24.2 Å². The topological polar surface area (TPSA) is 107 Å². The number of nitrogens with zero attached hydrogens (tertiary/aromatic N) is 2. The lowest BCUT2D eigenvalue weighted by molar-refractivity contribution is 0.251. The SMILES string of the molecule is NS(=O)(=O)c1ccc(-c2nn(C(=O)Nc3ccccc3)cc2-c2ccc(Cl)cc2)cc1. The molecule has 1 heterocycles. The van der Waals surface area contributed by atoms with Gasteiger partial charge in [-0.1, -0.05) is 54.1 Å². The second-order valence-electron chi connectivity index (χ2n) is 6.71. The van der Waals surface area contributed by atoms with Crippen LogP contribution in [0.3, 0.4) is 0 Å². The predicted octanol–water partition coefficient (Wildman–Crippen LogP) is 4.60. The summed E-state index contributed by atoms with van der Waals surface area (Å²) >= 11 is 6.01. The second-order valence-corrected chi connectivity index (χ2v) is 8.71. The minimum atomic E-state index is -3.82. The van der Waals surface area contributed by atoms with Gasteiger partial charge in [-0.3, -0.25) is 0 Å². The van der Waals surface area contributed by atoms with Crippen LogP contribution in [0.15, 0.2) is 90.0 Å². The molecule has 0 fully saturated rings. The Kier molecular flexibility index (Phi) is 5.60. The highest BCUT2D eigenvalue weighted by atomic mass is 35.5. The average molecular weight is 453 g/mol. The molecule has 1 amide bonds. The first-order valence-corrected chi connectivity index (χ1v) is 11.1. The van der Waals surface area contributed by atoms with Crippen LogP contribution in [0.2, 0.25) is 5.02 Å². The normalized spacial score (nSPS) is 11.3. The van der Waals surface area contributed by atoms with E-state index in [0.29, 0.717) is 27.5 Å². The number of primary sulfonamides is 1. The zero-order valence-corrected chi connectivity index (χ0v) is 17.6. The van der Waals surface area contributed by atoms with Crippen molar-refractivity contribution >= 4 is 33.3 Å². The molecule has 3 aromatic carbocycles. The lowest BCUT2D eigenvalue weighted by atomic mass is 10.0. The lowest BCUT2D eigenvalue weighted by Gasteiger charge is -2.04. The van der Waals surface area contributed by atoms with E-state index in [2.05, 4.69) is 10.4 Å². The van der Waals surface area contributed by atoms with Crippen LogP contribution < -0.4 is 10.5 Å². The first-order valence-electron chi connectivity index (χ1n) is 9.16. The highest BCUT2D eigenvalue weighted by molar-refractivity contribution is 7.89. The number of hydrogen-bond donors (Lipinski definition) is 2. The molecule has 0 radical (unpaired) electrons. The van der Waals surface area contributed by atoms with Gasteiger partial charge in [-0.25, -0.2) is 18.4 Å². The van der Waals surface area contributed by atoms with Crippen LogP contribution >= 0.6 is 11.6 Å². The number of amides is 1. The van der Waals surface area contributed by atoms with Gasteiger partial charge in [0, 0.05) is 28.0 Å². The van der Waals surface area contributed by atoms with Gasteiger partial charge >= 0.3 is 6.03 Å². The number of nitrogens with one attached hydrogen (secondary N) is 1. The molecular formula is C22H17ClN4O3S. The van der Waals surface area contributed by atoms with Crippen molar-refractivity contribution in [1.29, 1.82) is 0 Å². The van der Waals surface area contributed by atoms with Crippen molar-refractivity contribution in [3.63, 3.8) is 0 Å². The van der Waals surface area contributed by atoms with E-state index in [4.69, 9.17) is 16.7 Å². The van der Waals surface area contributed by atoms with E-state index >= 15 is 0 Å². The number of hydrogen-bond acceptors (Lipinski definition) is 4. The molecule has 7 nitrogen and oxygen atoms in total. The van der Waals surface area contributed by atoms with Crippen LogP contribution in [0.4, 0.5) is 10.5 Å². The Morgan fingerprint density at radius 1 is 0.903 bits per heavy atom. The monoisotopic (exact) mass is 452 g/mol. The number of carbonyl (C=O) groups excluding carboxylic acids is 1. The zero-order chi connectivity index (χ0) is 22.0. The summed E-state index contributed by atoms with van der Waals surface area (Å²) in [5.74, 6) is 0. The molecule has 0 atom stereocenters. The summed E-state index contributed by atoms with van der Waals surface area (Å²) in [6.45, 7) is 0. The van der Waals surface area contributed by atoms with E-state index in [0.717, 1.165) is 5.56 Å². The standard InChI is InChI=1S/C22H17ClN4O3S/c23-17-10-6-15(7-11-17)20-14-27(22(28)25-18-4-2-1-3-5-18)26-21(20)16-8-12-19(13-9-16)31(24,29)30/h1-14H,(H,25,28)(H2,24,29,30). The van der Waals surface area contributed by atoms with Gasteiger partial charge in [0.15, 0.2) is 0 Å². The van der Waals surface area contributed by atoms with Crippen molar-refractivity contribution in [2.24, 2.45) is 5.14 Å². The van der Waals surface area contributed by atoms with Crippen LogP contribution in [0.5, 0.6) is 0 Å². The molecule has 0 aliphatic carbocycles. The van der Waals surface area contributed by atoms with Crippen molar-refractivity contribution in [2.45, 2.75) is 4.90 Å². The third-order valence-corrected chi connectivity index (χ3v) is 5.74. The van der Waals surface area contributed by atoms with Gasteiger partial charge in [0.1, 0.15) is 5.69 Å². The number of halogens is 1. The Bertz CT molecular complexity index is 1330. The summed E-state index contributed by atoms with van der Waals surface area (Å²) in [7, 11) is -3.82. The largest absolute Gasteiger partial charge is 0.346 e. The summed E-state index contributed by atoms with van der Waals surface area (Å²) in [6, 6.07) is 21.7. The number of rotatable bonds is 4. The first-order chi connectivity index (χ1) is 14.8. The molecule has 31 heavy (non-hydrogen) atoms. The quantitative estimate of drug-likeness (QED) is 0.471. The number of sulfonamides is 1. The Hall–Kier alpha value is -3.46. The third kappa shape index (κ3) is 4.66. The maximum atomic E-state index is 12.8. The highest BCUT2D eigenvalue weighted by Crippen LogP contribution is 2.32. The van der Waals surface area contributed by atoms with Gasteiger partial charge in [-0.2, -0.15) is 9.78 Å². The van der Waals surface area contributed by atoms with Gasteiger partial charge in [0.2, 0.25) is 10.0 Å². The maximum absolute atomic E-state index is 12.8. The molecule has 156 valence electrons. The number of nitrogens with two attached hydrogens (primary N) is 1. The molecule has 9 heteroatoms. The van der Waals surface area contributed by atoms with Crippen molar-refractivity contribution in [3.05, 3.63) is 90.1 Å². The van der Waals surface area contributed by atoms with Crippen molar-refractivity contribution in [3.8, 4) is 22.4 Å². The van der Waals surface area contributed by atoms with Gasteiger partial charge < -0.3 is 5.32 Å². The van der Waals surface area contributed by atoms with E-state index in [1.807, 2.05) is 30.3 Å². The van der Waals surface area contributed by atoms with E-state index in [1.165, 1.54) is 16.8 Å². The van der Waals surface area contributed by atoms with Crippen LogP contribution in [0.25, 0.3) is 22.4 Å². The molecule has 3 N–H and O–H groups in total. The number of anilines is 1. The summed E-state index contributed by atoms with van der Waals surface area (Å²) in [5.41, 5.74) is 3.25. The molecule has 0 unspecified atom stereocenters. The van der Waals surface area contributed by atoms with Crippen LogP contribution in [0.1, 0.15) is 0 Å². The Morgan fingerprint density at radius 3 is 2.13 bits per heavy atom. The second kappa shape index (κ2) is 8.35. The Balaban J connectivity index is 1.77. The molecule has 4 rings (SSSR count). The lowest BCUT2D eigenvalue weighted by Crippen LogP contribution is -2.19. The smallest absolute Gasteiger partial charge is 0.306 e. The minimum Gasteiger partial charge on any atom is -0.306 e. The minimum absolute atomic E-state index is 0.00875. The molecule has 0 aliphatic rings. The van der Waals surface area contributed by atoms with E-state index in [9.17, 15) is 13.2 Å². The van der Waals surface area contributed by atoms with Crippen molar-refractivity contribution in [1.82, 2.24) is 9.78 Å². The number of para-hydroxylation sites is 1. The van der Waals surface area contributed by atoms with Gasteiger partial charge in [-0.05, 0) is 42.0 Å². The molecule has 4 aromatic rings. The van der Waals surface area contributed by atoms with Crippen LogP contribution in [0, 0.1) is 0 Å². The fraction of sp³-hybridized carbons (Fsp3) is 0. The van der Waals surface area contributed by atoms with Gasteiger partial charge in [0.25, 0.3) is 0 Å². The molecule has 0 bridgehead atoms. The summed E-state index contributed by atoms with van der Waals surface area (Å²) < 4.78 is 24.3. The maximum Gasteiger partial charge on any atom is 0.346 e. The molecule has 0 aliphatic heterocycles. The van der Waals surface area contributed by atoms with Gasteiger partial charge in [0.05, 0.1) is 4.90 Å². The van der Waals surface area contributed by atoms with E-state index < -0.39 is 16.1 Å². The van der Waals surface area contributed by atoms with Crippen molar-refractivity contribution < 1.29 is 13.2 Å². The fourth-order valence-electron chi connectivity index (χ4n) is 3.04. The predicted molar refractivity (Wildman–Crippen MR) is 120 cm³/mol. The zero-order valence-electron chi connectivity index (χ0n) is 16.1.